The van der Waals surface area contributed by atoms with Crippen LogP contribution in [-0.4, -0.2) is 47.4 Å². The van der Waals surface area contributed by atoms with Gasteiger partial charge in [0.2, 0.25) is 0 Å². The van der Waals surface area contributed by atoms with Gasteiger partial charge in [0.15, 0.2) is 0 Å². The molecule has 60 valence electrons. The number of rotatable bonds is 3. The van der Waals surface area contributed by atoms with Crippen molar-refractivity contribution in [1.82, 2.24) is 4.90 Å². The molecule has 5 heteroatoms. The zero-order chi connectivity index (χ0) is 8.15. The van der Waals surface area contributed by atoms with Gasteiger partial charge in [-0.05, 0) is 0 Å². The van der Waals surface area contributed by atoms with Crippen molar-refractivity contribution in [1.29, 1.82) is 0 Å². The Morgan fingerprint density at radius 2 is 2.30 bits per heavy atom. The molecule has 5 nitrogen and oxygen atoms in total. The first kappa shape index (κ1) is 9.19. The second kappa shape index (κ2) is 4.08. The first-order valence-electron chi connectivity index (χ1n) is 2.88. The molecule has 0 bridgehead atoms. The van der Waals surface area contributed by atoms with Crippen molar-refractivity contribution in [3.8, 4) is 0 Å². The van der Waals surface area contributed by atoms with Crippen LogP contribution < -0.4 is 5.73 Å². The van der Waals surface area contributed by atoms with Gasteiger partial charge in [0.05, 0.1) is 6.61 Å². The number of carboxylic acid groups (broad SMARTS) is 1. The predicted molar refractivity (Wildman–Crippen MR) is 35.7 cm³/mol. The van der Waals surface area contributed by atoms with Crippen molar-refractivity contribution in [2.24, 2.45) is 5.73 Å². The van der Waals surface area contributed by atoms with Crippen molar-refractivity contribution in [2.45, 2.75) is 6.04 Å². The lowest BCUT2D eigenvalue weighted by molar-refractivity contribution is 0.147. The molecule has 0 aromatic carbocycles. The summed E-state index contributed by atoms with van der Waals surface area (Å²) in [7, 11) is 1.40. The summed E-state index contributed by atoms with van der Waals surface area (Å²) >= 11 is 0. The molecule has 0 aromatic rings. The average Bonchev–Trinajstić information content (AvgIpc) is 1.87. The standard InChI is InChI=1S/C5H12N2O3/c1-7(5(9)10)2-4(6)3-8/h4,8H,2-3,6H2,1H3,(H,9,10). The Bertz CT molecular complexity index is 117. The Labute approximate surface area is 59.0 Å². The van der Waals surface area contributed by atoms with Gasteiger partial charge in [0.25, 0.3) is 0 Å². The monoisotopic (exact) mass is 148 g/mol. The van der Waals surface area contributed by atoms with Crippen LogP contribution in [0.25, 0.3) is 0 Å². The smallest absolute Gasteiger partial charge is 0.407 e. The maximum Gasteiger partial charge on any atom is 0.407 e. The van der Waals surface area contributed by atoms with Gasteiger partial charge in [0, 0.05) is 19.6 Å². The van der Waals surface area contributed by atoms with Gasteiger partial charge >= 0.3 is 6.09 Å². The molecule has 0 rings (SSSR count). The molecule has 4 N–H and O–H groups in total. The van der Waals surface area contributed by atoms with Gasteiger partial charge in [-0.15, -0.1) is 0 Å². The zero-order valence-electron chi connectivity index (χ0n) is 5.82. The van der Waals surface area contributed by atoms with Gasteiger partial charge in [-0.2, -0.15) is 0 Å². The predicted octanol–water partition coefficient (Wildman–Crippen LogP) is -1.08. The fourth-order valence-electron chi connectivity index (χ4n) is 0.488. The highest BCUT2D eigenvalue weighted by molar-refractivity contribution is 5.64. The van der Waals surface area contributed by atoms with E-state index < -0.39 is 12.1 Å². The molecule has 1 amide bonds. The van der Waals surface area contributed by atoms with Gasteiger partial charge in [-0.25, -0.2) is 4.79 Å². The minimum Gasteiger partial charge on any atom is -0.465 e. The summed E-state index contributed by atoms with van der Waals surface area (Å²) in [5.74, 6) is 0. The number of aliphatic hydroxyl groups is 1. The van der Waals surface area contributed by atoms with E-state index in [1.807, 2.05) is 0 Å². The Kier molecular flexibility index (Phi) is 3.75. The van der Waals surface area contributed by atoms with Crippen LogP contribution in [0.4, 0.5) is 4.79 Å². The zero-order valence-corrected chi connectivity index (χ0v) is 5.82. The summed E-state index contributed by atoms with van der Waals surface area (Å²) in [5, 5.41) is 16.7. The number of likely N-dealkylation sites (N-methyl/N-ethyl adjacent to an activating group) is 1. The van der Waals surface area contributed by atoms with Crippen LogP contribution in [0.5, 0.6) is 0 Å². The van der Waals surface area contributed by atoms with Crippen molar-refractivity contribution in [2.75, 3.05) is 20.2 Å². The third-order valence-corrected chi connectivity index (χ3v) is 1.07. The van der Waals surface area contributed by atoms with Crippen molar-refractivity contribution in [3.05, 3.63) is 0 Å². The minimum atomic E-state index is -1.04. The van der Waals surface area contributed by atoms with Crippen LogP contribution in [-0.2, 0) is 0 Å². The number of nitrogens with two attached hydrogens (primary N) is 1. The topological polar surface area (TPSA) is 86.8 Å². The number of amides is 1. The van der Waals surface area contributed by atoms with E-state index in [0.717, 1.165) is 4.90 Å². The lowest BCUT2D eigenvalue weighted by atomic mass is 10.3. The first-order chi connectivity index (χ1) is 4.57. The Hall–Kier alpha value is -0.810. The number of aliphatic hydroxyl groups excluding tert-OH is 1. The molecular formula is C5H12N2O3. The molecule has 1 unspecified atom stereocenters. The third-order valence-electron chi connectivity index (χ3n) is 1.07. The van der Waals surface area contributed by atoms with Gasteiger partial charge < -0.3 is 20.8 Å². The number of carbonyl (C=O) groups is 1. The van der Waals surface area contributed by atoms with E-state index in [-0.39, 0.29) is 13.2 Å². The molecule has 0 aliphatic carbocycles. The van der Waals surface area contributed by atoms with Crippen LogP contribution >= 0.6 is 0 Å². The normalized spacial score (nSPS) is 12.7. The van der Waals surface area contributed by atoms with Crippen molar-refractivity contribution in [3.63, 3.8) is 0 Å². The van der Waals surface area contributed by atoms with Crippen LogP contribution in [0.15, 0.2) is 0 Å². The summed E-state index contributed by atoms with van der Waals surface area (Å²) < 4.78 is 0. The van der Waals surface area contributed by atoms with E-state index in [1.54, 1.807) is 0 Å². The molecule has 0 aromatic heterocycles. The summed E-state index contributed by atoms with van der Waals surface area (Å²) in [6.07, 6.45) is -1.04. The van der Waals surface area contributed by atoms with Gasteiger partial charge in [-0.1, -0.05) is 0 Å². The highest BCUT2D eigenvalue weighted by atomic mass is 16.4. The highest BCUT2D eigenvalue weighted by Crippen LogP contribution is 1.85. The SMILES string of the molecule is CN(CC(N)CO)C(=O)O. The van der Waals surface area contributed by atoms with Gasteiger partial charge in [0.1, 0.15) is 0 Å². The lowest BCUT2D eigenvalue weighted by Crippen LogP contribution is -2.40. The molecular weight excluding hydrogens is 136 g/mol. The molecule has 0 radical (unpaired) electrons. The number of hydrogen-bond donors (Lipinski definition) is 3. The number of nitrogens with zero attached hydrogens (tertiary/aromatic N) is 1. The first-order valence-corrected chi connectivity index (χ1v) is 2.88. The van der Waals surface area contributed by atoms with Crippen molar-refractivity contribution < 1.29 is 15.0 Å². The maximum atomic E-state index is 10.1. The number of hydrogen-bond acceptors (Lipinski definition) is 3. The largest absolute Gasteiger partial charge is 0.465 e. The van der Waals surface area contributed by atoms with E-state index in [4.69, 9.17) is 15.9 Å². The van der Waals surface area contributed by atoms with E-state index in [9.17, 15) is 4.79 Å². The second-order valence-corrected chi connectivity index (χ2v) is 2.11. The summed E-state index contributed by atoms with van der Waals surface area (Å²) in [6.45, 7) is -0.0382. The fourth-order valence-corrected chi connectivity index (χ4v) is 0.488. The van der Waals surface area contributed by atoms with E-state index in [2.05, 4.69) is 0 Å². The minimum absolute atomic E-state index is 0.159. The quantitative estimate of drug-likeness (QED) is 0.475. The maximum absolute atomic E-state index is 10.1. The summed E-state index contributed by atoms with van der Waals surface area (Å²) in [6, 6.07) is -0.485. The molecule has 10 heavy (non-hydrogen) atoms. The fraction of sp³-hybridized carbons (Fsp3) is 0.800. The summed E-state index contributed by atoms with van der Waals surface area (Å²) in [5.41, 5.74) is 5.26. The molecule has 0 aliphatic rings. The Morgan fingerprint density at radius 1 is 1.80 bits per heavy atom. The molecule has 0 fully saturated rings. The summed E-state index contributed by atoms with van der Waals surface area (Å²) in [4.78, 5) is 11.2. The van der Waals surface area contributed by atoms with E-state index >= 15 is 0 Å². The van der Waals surface area contributed by atoms with Crippen LogP contribution in [0.1, 0.15) is 0 Å². The molecule has 0 spiro atoms. The average molecular weight is 148 g/mol. The van der Waals surface area contributed by atoms with E-state index in [0.29, 0.717) is 0 Å². The molecule has 0 saturated carbocycles. The highest BCUT2D eigenvalue weighted by Gasteiger charge is 2.08. The Balaban J connectivity index is 3.56. The van der Waals surface area contributed by atoms with E-state index in [1.165, 1.54) is 7.05 Å². The lowest BCUT2D eigenvalue weighted by Gasteiger charge is -2.16. The third kappa shape index (κ3) is 3.26. The molecule has 1 atom stereocenters. The molecule has 0 heterocycles. The van der Waals surface area contributed by atoms with Crippen LogP contribution in [0.2, 0.25) is 0 Å². The molecule has 0 aliphatic heterocycles. The van der Waals surface area contributed by atoms with Crippen LogP contribution in [0.3, 0.4) is 0 Å². The van der Waals surface area contributed by atoms with Gasteiger partial charge in [-0.3, -0.25) is 0 Å². The second-order valence-electron chi connectivity index (χ2n) is 2.11. The van der Waals surface area contributed by atoms with Crippen LogP contribution in [0, 0.1) is 0 Å². The Morgan fingerprint density at radius 3 is 2.60 bits per heavy atom. The van der Waals surface area contributed by atoms with Crippen molar-refractivity contribution >= 4 is 6.09 Å². The molecule has 0 saturated heterocycles.